The molecule has 2 N–H and O–H groups in total. The summed E-state index contributed by atoms with van der Waals surface area (Å²) in [6, 6.07) is 17.7. The van der Waals surface area contributed by atoms with Crippen LogP contribution in [0.15, 0.2) is 71.6 Å². The molecule has 1 heterocycles. The van der Waals surface area contributed by atoms with E-state index in [0.29, 0.717) is 36.7 Å². The number of nitrogens with zero attached hydrogens (tertiary/aromatic N) is 1. The Morgan fingerprint density at radius 1 is 1.00 bits per heavy atom. The number of benzene rings is 3. The van der Waals surface area contributed by atoms with Gasteiger partial charge in [0.2, 0.25) is 15.9 Å². The van der Waals surface area contributed by atoms with E-state index in [1.807, 2.05) is 31.2 Å². The highest BCUT2D eigenvalue weighted by molar-refractivity contribution is 7.89. The van der Waals surface area contributed by atoms with Gasteiger partial charge in [-0.1, -0.05) is 42.5 Å². The summed E-state index contributed by atoms with van der Waals surface area (Å²) in [5.74, 6) is -0.644. The standard InChI is InChI=1S/C32H38N2O8S/c1-5-42-21-23-19-27(40-3)29(28(20-23)41-4)24-14-12-22(13-15-24)18-26(30(35)36)33-31(37)32(2)16-9-17-34(32)43(38,39)25-10-7-6-8-11-25/h6-8,10-15,19-20,26H,5,9,16-18,21H2,1-4H3,(H,33,37)(H,35,36)/t26-,32-/m0/s1. The number of hydrogen-bond donors (Lipinski definition) is 2. The van der Waals surface area contributed by atoms with Crippen molar-refractivity contribution < 1.29 is 37.3 Å². The topological polar surface area (TPSA) is 131 Å². The van der Waals surface area contributed by atoms with Crippen LogP contribution in [0.25, 0.3) is 11.1 Å². The second-order valence-corrected chi connectivity index (χ2v) is 12.4. The molecule has 1 aliphatic heterocycles. The third-order valence-electron chi connectivity index (χ3n) is 7.72. The van der Waals surface area contributed by atoms with E-state index in [1.165, 1.54) is 16.4 Å². The number of sulfonamides is 1. The summed E-state index contributed by atoms with van der Waals surface area (Å²) >= 11 is 0. The molecule has 0 radical (unpaired) electrons. The minimum absolute atomic E-state index is 0.00440. The first-order valence-corrected chi connectivity index (χ1v) is 15.5. The van der Waals surface area contributed by atoms with E-state index >= 15 is 0 Å². The number of ether oxygens (including phenoxy) is 3. The van der Waals surface area contributed by atoms with Crippen LogP contribution in [0.2, 0.25) is 0 Å². The van der Waals surface area contributed by atoms with E-state index in [1.54, 1.807) is 51.5 Å². The zero-order valence-electron chi connectivity index (χ0n) is 24.8. The fourth-order valence-electron chi connectivity index (χ4n) is 5.38. The molecule has 1 aliphatic rings. The molecule has 0 unspecified atom stereocenters. The van der Waals surface area contributed by atoms with Crippen molar-refractivity contribution in [2.75, 3.05) is 27.4 Å². The second-order valence-electron chi connectivity index (χ2n) is 10.5. The van der Waals surface area contributed by atoms with Crippen molar-refractivity contribution in [1.82, 2.24) is 9.62 Å². The van der Waals surface area contributed by atoms with Crippen molar-refractivity contribution in [1.29, 1.82) is 0 Å². The molecular formula is C32H38N2O8S. The SMILES string of the molecule is CCOCc1cc(OC)c(-c2ccc(C[C@H](NC(=O)[C@]3(C)CCCN3S(=O)(=O)c3ccccc3)C(=O)O)cc2)c(OC)c1. The Morgan fingerprint density at radius 3 is 2.19 bits per heavy atom. The summed E-state index contributed by atoms with van der Waals surface area (Å²) < 4.78 is 44.7. The fraction of sp³-hybridized carbons (Fsp3) is 0.375. The number of nitrogens with one attached hydrogen (secondary N) is 1. The first kappa shape index (κ1) is 32.0. The molecular weight excluding hydrogens is 572 g/mol. The Bertz CT molecular complexity index is 1520. The first-order valence-electron chi connectivity index (χ1n) is 14.1. The molecule has 1 fully saturated rings. The van der Waals surface area contributed by atoms with Gasteiger partial charge in [0.25, 0.3) is 0 Å². The molecule has 0 bridgehead atoms. The van der Waals surface area contributed by atoms with Crippen molar-refractivity contribution in [3.05, 3.63) is 77.9 Å². The molecule has 0 spiro atoms. The molecule has 10 nitrogen and oxygen atoms in total. The lowest BCUT2D eigenvalue weighted by Gasteiger charge is -2.34. The van der Waals surface area contributed by atoms with Gasteiger partial charge in [-0.05, 0) is 67.6 Å². The molecule has 1 amide bonds. The molecule has 0 aliphatic carbocycles. The maximum Gasteiger partial charge on any atom is 0.326 e. The van der Waals surface area contributed by atoms with Gasteiger partial charge in [0, 0.05) is 19.6 Å². The maximum atomic E-state index is 13.5. The second kappa shape index (κ2) is 13.6. The van der Waals surface area contributed by atoms with E-state index in [-0.39, 0.29) is 24.3 Å². The van der Waals surface area contributed by atoms with Gasteiger partial charge < -0.3 is 24.6 Å². The van der Waals surface area contributed by atoms with Crippen LogP contribution >= 0.6 is 0 Å². The highest BCUT2D eigenvalue weighted by atomic mass is 32.2. The highest BCUT2D eigenvalue weighted by Gasteiger charge is 2.50. The Labute approximate surface area is 252 Å². The number of aliphatic carboxylic acids is 1. The lowest BCUT2D eigenvalue weighted by atomic mass is 9.96. The number of carbonyl (C=O) groups excluding carboxylic acids is 1. The van der Waals surface area contributed by atoms with Gasteiger partial charge >= 0.3 is 5.97 Å². The number of carboxylic acid groups (broad SMARTS) is 1. The molecule has 2 atom stereocenters. The lowest BCUT2D eigenvalue weighted by Crippen LogP contribution is -2.58. The Hall–Kier alpha value is -3.93. The van der Waals surface area contributed by atoms with Gasteiger partial charge in [-0.3, -0.25) is 4.79 Å². The van der Waals surface area contributed by atoms with E-state index in [9.17, 15) is 23.1 Å². The van der Waals surface area contributed by atoms with E-state index in [4.69, 9.17) is 14.2 Å². The maximum absolute atomic E-state index is 13.5. The minimum Gasteiger partial charge on any atom is -0.496 e. The third-order valence-corrected chi connectivity index (χ3v) is 9.75. The molecule has 1 saturated heterocycles. The third kappa shape index (κ3) is 6.84. The van der Waals surface area contributed by atoms with Crippen molar-refractivity contribution in [3.63, 3.8) is 0 Å². The summed E-state index contributed by atoms with van der Waals surface area (Å²) in [5.41, 5.74) is 1.70. The average molecular weight is 611 g/mol. The summed E-state index contributed by atoms with van der Waals surface area (Å²) in [6.45, 7) is 4.63. The van der Waals surface area contributed by atoms with Crippen LogP contribution in [0.3, 0.4) is 0 Å². The van der Waals surface area contributed by atoms with Gasteiger partial charge in [0.05, 0.1) is 31.3 Å². The minimum atomic E-state index is -3.96. The fourth-order valence-corrected chi connectivity index (χ4v) is 7.21. The Kier molecular flexibility index (Phi) is 10.1. The van der Waals surface area contributed by atoms with Crippen LogP contribution < -0.4 is 14.8 Å². The Morgan fingerprint density at radius 2 is 1.63 bits per heavy atom. The number of amides is 1. The summed E-state index contributed by atoms with van der Waals surface area (Å²) in [4.78, 5) is 25.8. The number of carbonyl (C=O) groups is 2. The van der Waals surface area contributed by atoms with Crippen LogP contribution in [0.5, 0.6) is 11.5 Å². The zero-order valence-corrected chi connectivity index (χ0v) is 25.6. The summed E-state index contributed by atoms with van der Waals surface area (Å²) in [7, 11) is -0.804. The highest BCUT2D eigenvalue weighted by Crippen LogP contribution is 2.40. The van der Waals surface area contributed by atoms with Crippen LogP contribution in [0, 0.1) is 0 Å². The molecule has 0 aromatic heterocycles. The van der Waals surface area contributed by atoms with Gasteiger partial charge in [-0.2, -0.15) is 4.31 Å². The number of hydrogen-bond acceptors (Lipinski definition) is 7. The zero-order chi connectivity index (χ0) is 31.2. The quantitative estimate of drug-likeness (QED) is 0.294. The van der Waals surface area contributed by atoms with Crippen molar-refractivity contribution in [3.8, 4) is 22.6 Å². The van der Waals surface area contributed by atoms with Gasteiger partial charge in [-0.25, -0.2) is 13.2 Å². The Balaban J connectivity index is 1.53. The summed E-state index contributed by atoms with van der Waals surface area (Å²) in [5, 5.41) is 12.6. The van der Waals surface area contributed by atoms with Crippen LogP contribution in [0.4, 0.5) is 0 Å². The molecule has 230 valence electrons. The van der Waals surface area contributed by atoms with E-state index in [2.05, 4.69) is 5.32 Å². The monoisotopic (exact) mass is 610 g/mol. The molecule has 11 heteroatoms. The van der Waals surface area contributed by atoms with Crippen LogP contribution in [0.1, 0.15) is 37.8 Å². The molecule has 3 aromatic carbocycles. The van der Waals surface area contributed by atoms with Crippen LogP contribution in [-0.4, -0.2) is 68.7 Å². The van der Waals surface area contributed by atoms with Crippen molar-refractivity contribution in [2.24, 2.45) is 0 Å². The largest absolute Gasteiger partial charge is 0.496 e. The van der Waals surface area contributed by atoms with E-state index in [0.717, 1.165) is 16.7 Å². The number of carboxylic acids is 1. The normalized spacial score (nSPS) is 17.8. The van der Waals surface area contributed by atoms with Crippen molar-refractivity contribution in [2.45, 2.75) is 56.2 Å². The van der Waals surface area contributed by atoms with Gasteiger partial charge in [0.1, 0.15) is 23.1 Å². The van der Waals surface area contributed by atoms with Crippen LogP contribution in [-0.2, 0) is 37.4 Å². The summed E-state index contributed by atoms with van der Waals surface area (Å²) in [6.07, 6.45) is 0.762. The smallest absolute Gasteiger partial charge is 0.326 e. The van der Waals surface area contributed by atoms with Gasteiger partial charge in [0.15, 0.2) is 0 Å². The molecule has 3 aromatic rings. The molecule has 4 rings (SSSR count). The molecule has 0 saturated carbocycles. The predicted octanol–water partition coefficient (Wildman–Crippen LogP) is 4.26. The average Bonchev–Trinajstić information content (AvgIpc) is 3.43. The lowest BCUT2D eigenvalue weighted by molar-refractivity contribution is -0.143. The van der Waals surface area contributed by atoms with Gasteiger partial charge in [-0.15, -0.1) is 0 Å². The van der Waals surface area contributed by atoms with E-state index < -0.39 is 33.5 Å². The number of rotatable bonds is 13. The number of methoxy groups -OCH3 is 2. The predicted molar refractivity (Wildman–Crippen MR) is 162 cm³/mol. The molecule has 43 heavy (non-hydrogen) atoms. The van der Waals surface area contributed by atoms with Crippen molar-refractivity contribution >= 4 is 21.9 Å². The first-order chi connectivity index (χ1) is 20.5.